The highest BCUT2D eigenvalue weighted by Crippen LogP contribution is 2.38. The van der Waals surface area contributed by atoms with Gasteiger partial charge in [-0.25, -0.2) is 0 Å². The molecular formula is C26H32F2. The molecule has 0 N–H and O–H groups in total. The Labute approximate surface area is 168 Å². The molecule has 0 saturated heterocycles. The lowest BCUT2D eigenvalue weighted by Gasteiger charge is -2.29. The Morgan fingerprint density at radius 2 is 1.43 bits per heavy atom. The van der Waals surface area contributed by atoms with Gasteiger partial charge in [0.1, 0.15) is 0 Å². The maximum atomic E-state index is 12.3. The number of halogens is 2. The van der Waals surface area contributed by atoms with Crippen molar-refractivity contribution in [1.82, 2.24) is 0 Å². The topological polar surface area (TPSA) is 0 Å². The molecule has 28 heavy (non-hydrogen) atoms. The van der Waals surface area contributed by atoms with Crippen LogP contribution >= 0.6 is 0 Å². The molecule has 0 bridgehead atoms. The van der Waals surface area contributed by atoms with Crippen LogP contribution in [0.3, 0.4) is 0 Å². The number of unbranched alkanes of at least 4 members (excludes halogenated alkanes) is 3. The van der Waals surface area contributed by atoms with E-state index >= 15 is 0 Å². The largest absolute Gasteiger partial charge is 0.270 e. The zero-order chi connectivity index (χ0) is 19.8. The molecule has 1 fully saturated rings. The van der Waals surface area contributed by atoms with E-state index in [1.54, 1.807) is 12.1 Å². The van der Waals surface area contributed by atoms with E-state index in [0.29, 0.717) is 11.5 Å². The second-order valence-electron chi connectivity index (χ2n) is 8.24. The highest BCUT2D eigenvalue weighted by atomic mass is 19.3. The van der Waals surface area contributed by atoms with Crippen LogP contribution in [-0.2, 0) is 0 Å². The Bertz CT molecular complexity index is 731. The Morgan fingerprint density at radius 1 is 0.821 bits per heavy atom. The van der Waals surface area contributed by atoms with Gasteiger partial charge in [0, 0.05) is 6.08 Å². The van der Waals surface area contributed by atoms with Crippen molar-refractivity contribution in [3.05, 3.63) is 65.7 Å². The van der Waals surface area contributed by atoms with Gasteiger partial charge in [-0.15, -0.1) is 0 Å². The van der Waals surface area contributed by atoms with Gasteiger partial charge in [0.25, 0.3) is 6.08 Å². The van der Waals surface area contributed by atoms with E-state index in [4.69, 9.17) is 0 Å². The second kappa shape index (κ2) is 10.5. The monoisotopic (exact) mass is 382 g/mol. The van der Waals surface area contributed by atoms with Crippen molar-refractivity contribution >= 4 is 6.08 Å². The van der Waals surface area contributed by atoms with Gasteiger partial charge in [-0.05, 0) is 59.8 Å². The molecule has 0 unspecified atom stereocenters. The molecule has 2 aromatic rings. The number of hydrogen-bond donors (Lipinski definition) is 0. The molecule has 0 atom stereocenters. The average molecular weight is 383 g/mol. The molecule has 1 aliphatic carbocycles. The summed E-state index contributed by atoms with van der Waals surface area (Å²) in [5.41, 5.74) is 4.20. The molecule has 1 saturated carbocycles. The van der Waals surface area contributed by atoms with Crippen molar-refractivity contribution in [3.63, 3.8) is 0 Å². The Morgan fingerprint density at radius 3 is 2.00 bits per heavy atom. The summed E-state index contributed by atoms with van der Waals surface area (Å²) >= 11 is 0. The Hall–Kier alpha value is -1.96. The van der Waals surface area contributed by atoms with E-state index in [2.05, 4.69) is 31.2 Å². The molecule has 0 amide bonds. The number of rotatable bonds is 8. The van der Waals surface area contributed by atoms with Crippen molar-refractivity contribution in [3.8, 4) is 11.1 Å². The lowest BCUT2D eigenvalue weighted by Crippen LogP contribution is -2.13. The second-order valence-corrected chi connectivity index (χ2v) is 8.24. The van der Waals surface area contributed by atoms with E-state index in [9.17, 15) is 8.78 Å². The molecule has 2 aromatic carbocycles. The molecule has 0 aliphatic heterocycles. The molecule has 3 rings (SSSR count). The van der Waals surface area contributed by atoms with E-state index in [-0.39, 0.29) is 0 Å². The fourth-order valence-electron chi connectivity index (χ4n) is 4.49. The van der Waals surface area contributed by atoms with E-state index < -0.39 is 6.08 Å². The summed E-state index contributed by atoms with van der Waals surface area (Å²) in [6.07, 6.45) is 11.5. The van der Waals surface area contributed by atoms with Gasteiger partial charge in [-0.3, -0.25) is 0 Å². The van der Waals surface area contributed by atoms with Gasteiger partial charge in [0.2, 0.25) is 0 Å². The SMILES string of the molecule is CCCCCC[C@H]1CC[C@H](c2ccc(-c3ccc(C=C(F)F)cc3)cc2)CC1. The zero-order valence-corrected chi connectivity index (χ0v) is 17.0. The summed E-state index contributed by atoms with van der Waals surface area (Å²) in [4.78, 5) is 0. The first-order chi connectivity index (χ1) is 13.7. The fraction of sp³-hybridized carbons (Fsp3) is 0.462. The first-order valence-electron chi connectivity index (χ1n) is 10.9. The summed E-state index contributed by atoms with van der Waals surface area (Å²) in [7, 11) is 0. The average Bonchev–Trinajstić information content (AvgIpc) is 2.72. The molecule has 0 radical (unpaired) electrons. The van der Waals surface area contributed by atoms with Gasteiger partial charge in [-0.2, -0.15) is 8.78 Å². The fourth-order valence-corrected chi connectivity index (χ4v) is 4.49. The minimum Gasteiger partial charge on any atom is -0.173 e. The van der Waals surface area contributed by atoms with Gasteiger partial charge < -0.3 is 0 Å². The molecule has 0 heterocycles. The van der Waals surface area contributed by atoms with Crippen molar-refractivity contribution in [2.45, 2.75) is 70.6 Å². The quantitative estimate of drug-likeness (QED) is 0.400. The summed E-state index contributed by atoms with van der Waals surface area (Å²) in [5.74, 6) is 1.63. The lowest BCUT2D eigenvalue weighted by atomic mass is 9.77. The highest BCUT2D eigenvalue weighted by Gasteiger charge is 2.22. The van der Waals surface area contributed by atoms with Crippen molar-refractivity contribution < 1.29 is 8.78 Å². The molecule has 0 nitrogen and oxygen atoms in total. The molecule has 2 heteroatoms. The predicted molar refractivity (Wildman–Crippen MR) is 116 cm³/mol. The molecule has 0 spiro atoms. The van der Waals surface area contributed by atoms with Crippen molar-refractivity contribution in [2.24, 2.45) is 5.92 Å². The standard InChI is InChI=1S/C26H32F2/c1-2-3-4-5-6-20-7-11-22(12-8-20)24-15-17-25(18-16-24)23-13-9-21(10-14-23)19-26(27)28/h9-10,13-20,22H,2-8,11-12H2,1H3/t20-,22-. The van der Waals surface area contributed by atoms with Crippen molar-refractivity contribution in [2.75, 3.05) is 0 Å². The Balaban J connectivity index is 1.53. The van der Waals surface area contributed by atoms with Crippen LogP contribution in [0.15, 0.2) is 54.6 Å². The highest BCUT2D eigenvalue weighted by molar-refractivity contribution is 5.66. The third kappa shape index (κ3) is 6.02. The minimum absolute atomic E-state index is 0.534. The first-order valence-corrected chi connectivity index (χ1v) is 10.9. The van der Waals surface area contributed by atoms with E-state index in [1.807, 2.05) is 12.1 Å². The smallest absolute Gasteiger partial charge is 0.173 e. The summed E-state index contributed by atoms with van der Waals surface area (Å²) in [6.45, 7) is 2.27. The molecular weight excluding hydrogens is 350 g/mol. The first kappa shape index (κ1) is 20.8. The van der Waals surface area contributed by atoms with Crippen LogP contribution < -0.4 is 0 Å². The van der Waals surface area contributed by atoms with Crippen LogP contribution in [0.2, 0.25) is 0 Å². The van der Waals surface area contributed by atoms with Crippen LogP contribution in [0.1, 0.15) is 81.8 Å². The third-order valence-electron chi connectivity index (χ3n) is 6.21. The Kier molecular flexibility index (Phi) is 7.82. The van der Waals surface area contributed by atoms with Crippen LogP contribution in [0.5, 0.6) is 0 Å². The maximum Gasteiger partial charge on any atom is 0.270 e. The van der Waals surface area contributed by atoms with Gasteiger partial charge in [0.05, 0.1) is 0 Å². The minimum atomic E-state index is -1.66. The van der Waals surface area contributed by atoms with Crippen LogP contribution in [0.4, 0.5) is 8.78 Å². The number of benzene rings is 2. The predicted octanol–water partition coefficient (Wildman–Crippen LogP) is 8.84. The van der Waals surface area contributed by atoms with Crippen LogP contribution in [-0.4, -0.2) is 0 Å². The molecule has 1 aliphatic rings. The summed E-state index contributed by atoms with van der Waals surface area (Å²) in [5, 5.41) is 0. The number of hydrogen-bond acceptors (Lipinski definition) is 0. The van der Waals surface area contributed by atoms with Gasteiger partial charge >= 0.3 is 0 Å². The molecule has 0 aromatic heterocycles. The van der Waals surface area contributed by atoms with Gasteiger partial charge in [-0.1, -0.05) is 87.6 Å². The maximum absolute atomic E-state index is 12.3. The van der Waals surface area contributed by atoms with Crippen molar-refractivity contribution in [1.29, 1.82) is 0 Å². The normalized spacial score (nSPS) is 19.4. The zero-order valence-electron chi connectivity index (χ0n) is 17.0. The van der Waals surface area contributed by atoms with Crippen LogP contribution in [0.25, 0.3) is 17.2 Å². The van der Waals surface area contributed by atoms with E-state index in [1.165, 1.54) is 63.4 Å². The lowest BCUT2D eigenvalue weighted by molar-refractivity contribution is 0.302. The molecule has 150 valence electrons. The summed E-state index contributed by atoms with van der Waals surface area (Å²) < 4.78 is 24.7. The van der Waals surface area contributed by atoms with Crippen LogP contribution in [0, 0.1) is 5.92 Å². The summed E-state index contributed by atoms with van der Waals surface area (Å²) in [6, 6.07) is 16.2. The third-order valence-corrected chi connectivity index (χ3v) is 6.21. The van der Waals surface area contributed by atoms with Gasteiger partial charge in [0.15, 0.2) is 0 Å². The van der Waals surface area contributed by atoms with E-state index in [0.717, 1.165) is 23.1 Å².